The van der Waals surface area contributed by atoms with Crippen LogP contribution in [0.4, 0.5) is 0 Å². The average molecular weight is 239 g/mol. The Kier molecular flexibility index (Phi) is 8.11. The average Bonchev–Trinajstić information content (AvgIpc) is 3.11. The van der Waals surface area contributed by atoms with E-state index in [1.165, 1.54) is 19.8 Å². The highest BCUT2D eigenvalue weighted by atomic mass is 16.1. The van der Waals surface area contributed by atoms with Crippen LogP contribution in [-0.4, -0.2) is 15.7 Å². The molecule has 1 aliphatic carbocycles. The lowest BCUT2D eigenvalue weighted by Crippen LogP contribution is -2.19. The minimum Gasteiger partial charge on any atom is -0.351 e. The van der Waals surface area contributed by atoms with Gasteiger partial charge in [0.1, 0.15) is 0 Å². The molecular weight excluding hydrogens is 214 g/mol. The van der Waals surface area contributed by atoms with Gasteiger partial charge in [0.15, 0.2) is 0 Å². The van der Waals surface area contributed by atoms with Gasteiger partial charge in [-0.25, -0.2) is 0 Å². The second-order valence-corrected chi connectivity index (χ2v) is 3.43. The molecule has 1 aromatic rings. The molecule has 1 aromatic heterocycles. The molecule has 0 spiro atoms. The van der Waals surface area contributed by atoms with Crippen LogP contribution < -0.4 is 5.32 Å². The Morgan fingerprint density at radius 2 is 2.00 bits per heavy atom. The predicted molar refractivity (Wildman–Crippen MR) is 70.7 cm³/mol. The van der Waals surface area contributed by atoms with Crippen LogP contribution in [0.1, 0.15) is 59.2 Å². The largest absolute Gasteiger partial charge is 0.351 e. The van der Waals surface area contributed by atoms with Gasteiger partial charge in [-0.3, -0.25) is 9.48 Å². The monoisotopic (exact) mass is 239 g/mol. The van der Waals surface area contributed by atoms with Gasteiger partial charge in [-0.05, 0) is 18.9 Å². The van der Waals surface area contributed by atoms with Gasteiger partial charge < -0.3 is 5.32 Å². The van der Waals surface area contributed by atoms with Gasteiger partial charge in [-0.2, -0.15) is 5.10 Å². The minimum atomic E-state index is -0.0130. The van der Waals surface area contributed by atoms with Gasteiger partial charge in [0, 0.05) is 13.1 Å². The Balaban J connectivity index is 0.000000581. The Labute approximate surface area is 104 Å². The van der Waals surface area contributed by atoms with E-state index in [2.05, 4.69) is 10.4 Å². The predicted octanol–water partition coefficient (Wildman–Crippen LogP) is 2.91. The molecule has 1 saturated carbocycles. The van der Waals surface area contributed by atoms with E-state index in [4.69, 9.17) is 0 Å². The lowest BCUT2D eigenvalue weighted by Gasteiger charge is -1.98. The number of amides is 1. The van der Waals surface area contributed by atoms with Gasteiger partial charge in [0.2, 0.25) is 5.91 Å². The van der Waals surface area contributed by atoms with E-state index in [1.54, 1.807) is 0 Å². The highest BCUT2D eigenvalue weighted by Gasteiger charge is 2.23. The zero-order chi connectivity index (χ0) is 13.3. The van der Waals surface area contributed by atoms with Crippen molar-refractivity contribution in [2.45, 2.75) is 60.0 Å². The number of carbonyl (C=O) groups excluding carboxylic acids is 1. The molecule has 1 aliphatic rings. The number of nitrogens with one attached hydrogen (secondary N) is 1. The molecule has 0 unspecified atom stereocenters. The third-order valence-electron chi connectivity index (χ3n) is 2.10. The molecule has 2 rings (SSSR count). The number of hydrogen-bond acceptors (Lipinski definition) is 2. The van der Waals surface area contributed by atoms with Crippen molar-refractivity contribution in [3.05, 3.63) is 18.0 Å². The van der Waals surface area contributed by atoms with Crippen molar-refractivity contribution in [2.24, 2.45) is 0 Å². The van der Waals surface area contributed by atoms with E-state index in [9.17, 15) is 4.79 Å². The molecule has 0 bridgehead atoms. The van der Waals surface area contributed by atoms with Gasteiger partial charge in [-0.15, -0.1) is 0 Å². The zero-order valence-electron chi connectivity index (χ0n) is 11.7. The third-order valence-corrected chi connectivity index (χ3v) is 2.10. The molecule has 0 atom stereocenters. The maximum absolute atomic E-state index is 10.6. The first-order chi connectivity index (χ1) is 8.25. The SMILES string of the molecule is CC.CC.CC(=O)NCc1ccn(C2CC2)n1. The highest BCUT2D eigenvalue weighted by Crippen LogP contribution is 2.33. The first-order valence-corrected chi connectivity index (χ1v) is 6.54. The minimum absolute atomic E-state index is 0.0130. The number of rotatable bonds is 3. The van der Waals surface area contributed by atoms with Crippen LogP contribution in [0.15, 0.2) is 12.3 Å². The van der Waals surface area contributed by atoms with Crippen molar-refractivity contribution in [3.63, 3.8) is 0 Å². The van der Waals surface area contributed by atoms with Crippen molar-refractivity contribution < 1.29 is 4.79 Å². The summed E-state index contributed by atoms with van der Waals surface area (Å²) >= 11 is 0. The number of nitrogens with zero attached hydrogens (tertiary/aromatic N) is 2. The van der Waals surface area contributed by atoms with Crippen LogP contribution >= 0.6 is 0 Å². The summed E-state index contributed by atoms with van der Waals surface area (Å²) < 4.78 is 1.98. The number of aromatic nitrogens is 2. The smallest absolute Gasteiger partial charge is 0.217 e. The lowest BCUT2D eigenvalue weighted by molar-refractivity contribution is -0.119. The van der Waals surface area contributed by atoms with Crippen molar-refractivity contribution in [1.82, 2.24) is 15.1 Å². The van der Waals surface area contributed by atoms with Crippen LogP contribution in [-0.2, 0) is 11.3 Å². The summed E-state index contributed by atoms with van der Waals surface area (Å²) in [6.45, 7) is 10.0. The van der Waals surface area contributed by atoms with Crippen LogP contribution in [0.5, 0.6) is 0 Å². The van der Waals surface area contributed by atoms with Crippen molar-refractivity contribution in [3.8, 4) is 0 Å². The Morgan fingerprint density at radius 3 is 2.47 bits per heavy atom. The third kappa shape index (κ3) is 6.09. The second-order valence-electron chi connectivity index (χ2n) is 3.43. The Hall–Kier alpha value is -1.32. The first-order valence-electron chi connectivity index (χ1n) is 6.54. The Bertz CT molecular complexity index is 316. The molecule has 0 radical (unpaired) electrons. The standard InChI is InChI=1S/C9H13N3O.2C2H6/c1-7(13)10-6-8-4-5-12(11-8)9-2-3-9;2*1-2/h4-5,9H,2-3,6H2,1H3,(H,10,13);2*1-2H3. The normalized spacial score (nSPS) is 12.8. The molecule has 1 fully saturated rings. The van der Waals surface area contributed by atoms with Crippen molar-refractivity contribution >= 4 is 5.91 Å². The van der Waals surface area contributed by atoms with Gasteiger partial charge in [0.05, 0.1) is 18.3 Å². The molecule has 0 saturated heterocycles. The summed E-state index contributed by atoms with van der Waals surface area (Å²) in [5.41, 5.74) is 0.933. The molecule has 4 heteroatoms. The molecular formula is C13H25N3O. The molecule has 1 N–H and O–H groups in total. The van der Waals surface area contributed by atoms with E-state index in [-0.39, 0.29) is 5.91 Å². The van der Waals surface area contributed by atoms with Crippen molar-refractivity contribution in [2.75, 3.05) is 0 Å². The van der Waals surface area contributed by atoms with Gasteiger partial charge >= 0.3 is 0 Å². The fourth-order valence-electron chi connectivity index (χ4n) is 1.23. The lowest BCUT2D eigenvalue weighted by atomic mass is 10.4. The van der Waals surface area contributed by atoms with Crippen molar-refractivity contribution in [1.29, 1.82) is 0 Å². The van der Waals surface area contributed by atoms with Gasteiger partial charge in [-0.1, -0.05) is 27.7 Å². The Morgan fingerprint density at radius 1 is 1.41 bits per heavy atom. The molecule has 4 nitrogen and oxygen atoms in total. The maximum atomic E-state index is 10.6. The topological polar surface area (TPSA) is 46.9 Å². The van der Waals surface area contributed by atoms with Crippen LogP contribution in [0.25, 0.3) is 0 Å². The van der Waals surface area contributed by atoms with E-state index in [1.807, 2.05) is 44.6 Å². The fourth-order valence-corrected chi connectivity index (χ4v) is 1.23. The van der Waals surface area contributed by atoms with Crippen LogP contribution in [0.2, 0.25) is 0 Å². The van der Waals surface area contributed by atoms with E-state index < -0.39 is 0 Å². The quantitative estimate of drug-likeness (QED) is 0.881. The molecule has 0 aliphatic heterocycles. The highest BCUT2D eigenvalue weighted by molar-refractivity contribution is 5.72. The van der Waals surface area contributed by atoms with Crippen LogP contribution in [0.3, 0.4) is 0 Å². The number of carbonyl (C=O) groups is 1. The second kappa shape index (κ2) is 8.79. The molecule has 98 valence electrons. The molecule has 1 heterocycles. The van der Waals surface area contributed by atoms with E-state index in [0.29, 0.717) is 12.6 Å². The summed E-state index contributed by atoms with van der Waals surface area (Å²) in [6, 6.07) is 2.57. The summed E-state index contributed by atoms with van der Waals surface area (Å²) in [6.07, 6.45) is 4.46. The maximum Gasteiger partial charge on any atom is 0.217 e. The van der Waals surface area contributed by atoms with Crippen LogP contribution in [0, 0.1) is 0 Å². The van der Waals surface area contributed by atoms with E-state index in [0.717, 1.165) is 5.69 Å². The van der Waals surface area contributed by atoms with E-state index >= 15 is 0 Å². The van der Waals surface area contributed by atoms with Gasteiger partial charge in [0.25, 0.3) is 0 Å². The summed E-state index contributed by atoms with van der Waals surface area (Å²) in [5.74, 6) is -0.0130. The first kappa shape index (κ1) is 15.7. The summed E-state index contributed by atoms with van der Waals surface area (Å²) in [5, 5.41) is 7.07. The summed E-state index contributed by atoms with van der Waals surface area (Å²) in [4.78, 5) is 10.6. The molecule has 0 aromatic carbocycles. The fraction of sp³-hybridized carbons (Fsp3) is 0.692. The molecule has 1 amide bonds. The zero-order valence-corrected chi connectivity index (χ0v) is 11.7. The summed E-state index contributed by atoms with van der Waals surface area (Å²) in [7, 11) is 0. The molecule has 17 heavy (non-hydrogen) atoms. The number of hydrogen-bond donors (Lipinski definition) is 1.